The Labute approximate surface area is 137 Å². The highest BCUT2D eigenvalue weighted by Crippen LogP contribution is 2.31. The van der Waals surface area contributed by atoms with Gasteiger partial charge >= 0.3 is 0 Å². The van der Waals surface area contributed by atoms with Crippen LogP contribution in [-0.2, 0) is 0 Å². The second kappa shape index (κ2) is 5.44. The quantitative estimate of drug-likeness (QED) is 0.674. The number of hydrogen-bond acceptors (Lipinski definition) is 3. The van der Waals surface area contributed by atoms with Gasteiger partial charge in [0.25, 0.3) is 5.91 Å². The van der Waals surface area contributed by atoms with E-state index < -0.39 is 0 Å². The van der Waals surface area contributed by atoms with E-state index in [1.165, 1.54) is 0 Å². The fourth-order valence-electron chi connectivity index (χ4n) is 2.73. The van der Waals surface area contributed by atoms with Crippen molar-refractivity contribution in [2.24, 2.45) is 0 Å². The largest absolute Gasteiger partial charge is 0.361 e. The van der Waals surface area contributed by atoms with Crippen LogP contribution in [0.25, 0.3) is 11.3 Å². The number of rotatable bonds is 2. The minimum Gasteiger partial charge on any atom is -0.361 e. The zero-order valence-corrected chi connectivity index (χ0v) is 12.8. The fraction of sp³-hybridized carbons (Fsp3) is 0.0588. The first kappa shape index (κ1) is 13.8. The van der Waals surface area contributed by atoms with Crippen LogP contribution >= 0.6 is 11.6 Å². The molecule has 3 aromatic rings. The molecule has 2 heterocycles. The average Bonchev–Trinajstić information content (AvgIpc) is 3.05. The normalized spacial score (nSPS) is 16.4. The monoisotopic (exact) mass is 324 g/mol. The van der Waals surface area contributed by atoms with E-state index in [0.29, 0.717) is 10.6 Å². The van der Waals surface area contributed by atoms with Crippen LogP contribution in [-0.4, -0.2) is 16.1 Å². The molecule has 0 aliphatic carbocycles. The van der Waals surface area contributed by atoms with E-state index in [9.17, 15) is 4.79 Å². The molecule has 1 atom stereocenters. The summed E-state index contributed by atoms with van der Waals surface area (Å²) in [5.41, 5.74) is 4.12. The molecule has 4 rings (SSSR count). The number of nitrogens with one attached hydrogen (secondary N) is 3. The van der Waals surface area contributed by atoms with Gasteiger partial charge in [0.05, 0.1) is 17.5 Å². The van der Waals surface area contributed by atoms with Crippen LogP contribution in [0.1, 0.15) is 22.1 Å². The average molecular weight is 325 g/mol. The van der Waals surface area contributed by atoms with Crippen LogP contribution in [0, 0.1) is 0 Å². The lowest BCUT2D eigenvalue weighted by Crippen LogP contribution is -2.38. The van der Waals surface area contributed by atoms with Gasteiger partial charge in [-0.05, 0) is 24.3 Å². The molecular formula is C17H13ClN4O. The molecule has 23 heavy (non-hydrogen) atoms. The maximum atomic E-state index is 12.3. The first-order chi connectivity index (χ1) is 11.2. The Morgan fingerprint density at radius 2 is 1.78 bits per heavy atom. The number of carbonyl (C=O) groups excluding carboxylic acids is 1. The van der Waals surface area contributed by atoms with Gasteiger partial charge < -0.3 is 10.6 Å². The van der Waals surface area contributed by atoms with Crippen LogP contribution in [0.3, 0.4) is 0 Å². The zero-order valence-electron chi connectivity index (χ0n) is 12.0. The number of hydrogen-bond donors (Lipinski definition) is 3. The molecule has 2 aromatic carbocycles. The van der Waals surface area contributed by atoms with Gasteiger partial charge in [0.1, 0.15) is 6.17 Å². The summed E-state index contributed by atoms with van der Waals surface area (Å²) in [5, 5.41) is 14.1. The van der Waals surface area contributed by atoms with Crippen molar-refractivity contribution in [1.82, 2.24) is 15.5 Å². The maximum absolute atomic E-state index is 12.3. The van der Waals surface area contributed by atoms with Crippen molar-refractivity contribution in [3.8, 4) is 11.3 Å². The predicted octanol–water partition coefficient (Wildman–Crippen LogP) is 3.58. The first-order valence-electron chi connectivity index (χ1n) is 7.18. The van der Waals surface area contributed by atoms with Crippen molar-refractivity contribution in [3.63, 3.8) is 0 Å². The van der Waals surface area contributed by atoms with E-state index in [1.807, 2.05) is 42.5 Å². The van der Waals surface area contributed by atoms with E-state index in [0.717, 1.165) is 22.5 Å². The second-order valence-corrected chi connectivity index (χ2v) is 5.74. The number of anilines is 1. The molecule has 6 heteroatoms. The Balaban J connectivity index is 1.72. The Morgan fingerprint density at radius 1 is 1.00 bits per heavy atom. The Kier molecular flexibility index (Phi) is 3.28. The van der Waals surface area contributed by atoms with Crippen LogP contribution < -0.4 is 10.6 Å². The third-order valence-electron chi connectivity index (χ3n) is 3.86. The number of carbonyl (C=O) groups is 1. The van der Waals surface area contributed by atoms with Crippen molar-refractivity contribution in [2.45, 2.75) is 6.17 Å². The number of benzene rings is 2. The summed E-state index contributed by atoms with van der Waals surface area (Å²) in [6.07, 6.45) is 1.37. The lowest BCUT2D eigenvalue weighted by atomic mass is 10.0. The molecule has 0 saturated carbocycles. The molecular weight excluding hydrogens is 312 g/mol. The number of aromatic amines is 1. The van der Waals surface area contributed by atoms with Gasteiger partial charge in [-0.15, -0.1) is 0 Å². The standard InChI is InChI=1S/C17H13ClN4O/c18-11-7-5-10(6-8-11)15-13(9-19-22-15)16-20-14-4-2-1-3-12(14)17(23)21-16/h1-9,16,20H,(H,19,22)(H,21,23)/t16-/m1/s1. The summed E-state index contributed by atoms with van der Waals surface area (Å²) in [4.78, 5) is 12.3. The van der Waals surface area contributed by atoms with Gasteiger partial charge in [0, 0.05) is 21.8 Å². The lowest BCUT2D eigenvalue weighted by molar-refractivity contribution is 0.0936. The van der Waals surface area contributed by atoms with E-state index in [1.54, 1.807) is 12.3 Å². The van der Waals surface area contributed by atoms with Crippen LogP contribution in [0.5, 0.6) is 0 Å². The third-order valence-corrected chi connectivity index (χ3v) is 4.11. The minimum atomic E-state index is -0.346. The van der Waals surface area contributed by atoms with Gasteiger partial charge in [-0.3, -0.25) is 9.89 Å². The number of amides is 1. The molecule has 5 nitrogen and oxygen atoms in total. The maximum Gasteiger partial charge on any atom is 0.255 e. The summed E-state index contributed by atoms with van der Waals surface area (Å²) in [7, 11) is 0. The van der Waals surface area contributed by atoms with Crippen LogP contribution in [0.15, 0.2) is 54.7 Å². The van der Waals surface area contributed by atoms with Gasteiger partial charge in [0.15, 0.2) is 0 Å². The fourth-order valence-corrected chi connectivity index (χ4v) is 2.85. The van der Waals surface area contributed by atoms with Gasteiger partial charge in [-0.2, -0.15) is 5.10 Å². The van der Waals surface area contributed by atoms with Gasteiger partial charge in [-0.25, -0.2) is 0 Å². The van der Waals surface area contributed by atoms with Crippen molar-refractivity contribution in [2.75, 3.05) is 5.32 Å². The molecule has 0 fully saturated rings. The van der Waals surface area contributed by atoms with E-state index >= 15 is 0 Å². The molecule has 0 spiro atoms. The molecule has 0 radical (unpaired) electrons. The summed E-state index contributed by atoms with van der Waals surface area (Å²) in [5.74, 6) is -0.104. The van der Waals surface area contributed by atoms with Crippen molar-refractivity contribution >= 4 is 23.2 Å². The molecule has 114 valence electrons. The number of halogens is 1. The number of fused-ring (bicyclic) bond motifs is 1. The summed E-state index contributed by atoms with van der Waals surface area (Å²) in [6, 6.07) is 14.9. The number of aromatic nitrogens is 2. The van der Waals surface area contributed by atoms with E-state index in [-0.39, 0.29) is 12.1 Å². The minimum absolute atomic E-state index is 0.104. The second-order valence-electron chi connectivity index (χ2n) is 5.30. The number of para-hydroxylation sites is 1. The molecule has 0 bridgehead atoms. The molecule has 1 amide bonds. The van der Waals surface area contributed by atoms with Gasteiger partial charge in [0.2, 0.25) is 0 Å². The summed E-state index contributed by atoms with van der Waals surface area (Å²) < 4.78 is 0. The van der Waals surface area contributed by atoms with Gasteiger partial charge in [-0.1, -0.05) is 35.9 Å². The third kappa shape index (κ3) is 2.45. The summed E-state index contributed by atoms with van der Waals surface area (Å²) >= 11 is 5.94. The lowest BCUT2D eigenvalue weighted by Gasteiger charge is -2.27. The highest BCUT2D eigenvalue weighted by Gasteiger charge is 2.27. The van der Waals surface area contributed by atoms with Crippen molar-refractivity contribution in [3.05, 3.63) is 70.9 Å². The van der Waals surface area contributed by atoms with Crippen LogP contribution in [0.4, 0.5) is 5.69 Å². The molecule has 0 saturated heterocycles. The SMILES string of the molecule is O=C1N[C@H](c2cn[nH]c2-c2ccc(Cl)cc2)Nc2ccccc21. The Hall–Kier alpha value is -2.79. The first-order valence-corrected chi connectivity index (χ1v) is 7.56. The highest BCUT2D eigenvalue weighted by molar-refractivity contribution is 6.30. The molecule has 1 aromatic heterocycles. The van der Waals surface area contributed by atoms with E-state index in [4.69, 9.17) is 11.6 Å². The predicted molar refractivity (Wildman–Crippen MR) is 89.3 cm³/mol. The van der Waals surface area contributed by atoms with Crippen molar-refractivity contribution in [1.29, 1.82) is 0 Å². The zero-order chi connectivity index (χ0) is 15.8. The highest BCUT2D eigenvalue weighted by atomic mass is 35.5. The molecule has 1 aliphatic rings. The van der Waals surface area contributed by atoms with E-state index in [2.05, 4.69) is 20.8 Å². The number of nitrogens with zero attached hydrogens (tertiary/aromatic N) is 1. The topological polar surface area (TPSA) is 69.8 Å². The molecule has 3 N–H and O–H groups in total. The Morgan fingerprint density at radius 3 is 2.61 bits per heavy atom. The smallest absolute Gasteiger partial charge is 0.255 e. The van der Waals surface area contributed by atoms with Crippen molar-refractivity contribution < 1.29 is 4.79 Å². The van der Waals surface area contributed by atoms with Crippen LogP contribution in [0.2, 0.25) is 5.02 Å². The molecule has 1 aliphatic heterocycles. The Bertz CT molecular complexity index is 872. The molecule has 0 unspecified atom stereocenters. The summed E-state index contributed by atoms with van der Waals surface area (Å²) in [6.45, 7) is 0. The number of H-pyrrole nitrogens is 1.